The molecule has 1 aromatic heterocycles. The zero-order valence-electron chi connectivity index (χ0n) is 9.07. The summed E-state index contributed by atoms with van der Waals surface area (Å²) in [5.41, 5.74) is -0.0862. The molecule has 2 aromatic rings. The molecule has 0 aliphatic carbocycles. The summed E-state index contributed by atoms with van der Waals surface area (Å²) in [6.07, 6.45) is -3.57. The van der Waals surface area contributed by atoms with Gasteiger partial charge < -0.3 is 0 Å². The van der Waals surface area contributed by atoms with Crippen molar-refractivity contribution in [2.75, 3.05) is 0 Å². The fourth-order valence-electron chi connectivity index (χ4n) is 1.56. The summed E-state index contributed by atoms with van der Waals surface area (Å²) in [5, 5.41) is 8.90. The van der Waals surface area contributed by atoms with E-state index >= 15 is 0 Å². The molecule has 1 heterocycles. The van der Waals surface area contributed by atoms with Crippen LogP contribution in [0.5, 0.6) is 0 Å². The van der Waals surface area contributed by atoms with Gasteiger partial charge >= 0.3 is 6.18 Å². The highest BCUT2D eigenvalue weighted by Gasteiger charge is 2.33. The minimum atomic E-state index is -4.52. The highest BCUT2D eigenvalue weighted by Crippen LogP contribution is 2.32. The second-order valence-corrected chi connectivity index (χ2v) is 3.59. The summed E-state index contributed by atoms with van der Waals surface area (Å²) in [6.45, 7) is 0. The van der Waals surface area contributed by atoms with Gasteiger partial charge in [0.25, 0.3) is 0 Å². The Hall–Kier alpha value is -2.35. The van der Waals surface area contributed by atoms with E-state index in [1.54, 1.807) is 30.3 Å². The standard InChI is InChI=1S/C13H7F3N2/c14-13(15,16)12-6-11(10(7-17)8-18-12)9-4-2-1-3-5-9/h1-6,8H. The maximum Gasteiger partial charge on any atom is 0.433 e. The molecule has 90 valence electrons. The lowest BCUT2D eigenvalue weighted by Crippen LogP contribution is -2.08. The lowest BCUT2D eigenvalue weighted by Gasteiger charge is -2.09. The van der Waals surface area contributed by atoms with E-state index in [1.807, 2.05) is 6.07 Å². The number of pyridine rings is 1. The predicted octanol–water partition coefficient (Wildman–Crippen LogP) is 3.64. The second kappa shape index (κ2) is 4.49. The first-order chi connectivity index (χ1) is 8.52. The summed E-state index contributed by atoms with van der Waals surface area (Å²) in [4.78, 5) is 3.26. The van der Waals surface area contributed by atoms with Gasteiger partial charge in [0, 0.05) is 11.8 Å². The number of nitrogens with zero attached hydrogens (tertiary/aromatic N) is 2. The average Bonchev–Trinajstić information content (AvgIpc) is 2.38. The summed E-state index contributed by atoms with van der Waals surface area (Å²) in [6, 6.07) is 11.2. The molecule has 0 spiro atoms. The molecule has 0 atom stereocenters. The maximum absolute atomic E-state index is 12.6. The first kappa shape index (κ1) is 12.1. The van der Waals surface area contributed by atoms with Crippen LogP contribution in [0.1, 0.15) is 11.3 Å². The van der Waals surface area contributed by atoms with Crippen molar-refractivity contribution in [3.63, 3.8) is 0 Å². The summed E-state index contributed by atoms with van der Waals surface area (Å²) in [7, 11) is 0. The normalized spacial score (nSPS) is 11.0. The molecule has 1 aromatic carbocycles. The number of hydrogen-bond donors (Lipinski definition) is 0. The number of rotatable bonds is 1. The minimum absolute atomic E-state index is 0.120. The fraction of sp³-hybridized carbons (Fsp3) is 0.0769. The Bertz CT molecular complexity index is 598. The second-order valence-electron chi connectivity index (χ2n) is 3.59. The van der Waals surface area contributed by atoms with Gasteiger partial charge in [0.15, 0.2) is 0 Å². The summed E-state index contributed by atoms with van der Waals surface area (Å²) in [5.74, 6) is 0. The topological polar surface area (TPSA) is 36.7 Å². The molecular weight excluding hydrogens is 241 g/mol. The zero-order valence-corrected chi connectivity index (χ0v) is 9.07. The third-order valence-electron chi connectivity index (χ3n) is 2.40. The van der Waals surface area contributed by atoms with Gasteiger partial charge in [-0.15, -0.1) is 0 Å². The smallest absolute Gasteiger partial charge is 0.250 e. The number of halogens is 3. The lowest BCUT2D eigenvalue weighted by atomic mass is 10.0. The van der Waals surface area contributed by atoms with Crippen LogP contribution in [-0.2, 0) is 6.18 Å². The number of alkyl halides is 3. The molecule has 2 nitrogen and oxygen atoms in total. The van der Waals surface area contributed by atoms with Crippen molar-refractivity contribution in [3.8, 4) is 17.2 Å². The van der Waals surface area contributed by atoms with Crippen molar-refractivity contribution in [1.29, 1.82) is 5.26 Å². The van der Waals surface area contributed by atoms with Gasteiger partial charge in [-0.2, -0.15) is 18.4 Å². The van der Waals surface area contributed by atoms with Crippen molar-refractivity contribution in [2.24, 2.45) is 0 Å². The molecule has 0 N–H and O–H groups in total. The Morgan fingerprint density at radius 3 is 2.33 bits per heavy atom. The van der Waals surface area contributed by atoms with Crippen LogP contribution in [0.4, 0.5) is 13.2 Å². The molecule has 0 bridgehead atoms. The Morgan fingerprint density at radius 1 is 1.11 bits per heavy atom. The summed E-state index contributed by atoms with van der Waals surface area (Å²) < 4.78 is 37.7. The molecule has 0 amide bonds. The third-order valence-corrected chi connectivity index (χ3v) is 2.40. The molecule has 0 aliphatic heterocycles. The predicted molar refractivity (Wildman–Crippen MR) is 59.4 cm³/mol. The van der Waals surface area contributed by atoms with E-state index in [0.29, 0.717) is 5.56 Å². The first-order valence-electron chi connectivity index (χ1n) is 5.05. The van der Waals surface area contributed by atoms with Crippen molar-refractivity contribution in [3.05, 3.63) is 53.9 Å². The SMILES string of the molecule is N#Cc1cnc(C(F)(F)F)cc1-c1ccccc1. The van der Waals surface area contributed by atoms with E-state index < -0.39 is 11.9 Å². The molecule has 2 rings (SSSR count). The molecule has 0 saturated heterocycles. The average molecular weight is 248 g/mol. The summed E-state index contributed by atoms with van der Waals surface area (Å²) >= 11 is 0. The van der Waals surface area contributed by atoms with E-state index in [2.05, 4.69) is 4.98 Å². The number of nitriles is 1. The largest absolute Gasteiger partial charge is 0.433 e. The van der Waals surface area contributed by atoms with Gasteiger partial charge in [0.1, 0.15) is 11.8 Å². The van der Waals surface area contributed by atoms with Crippen molar-refractivity contribution in [1.82, 2.24) is 4.98 Å². The van der Waals surface area contributed by atoms with Crippen LogP contribution >= 0.6 is 0 Å². The van der Waals surface area contributed by atoms with E-state index in [0.717, 1.165) is 12.3 Å². The van der Waals surface area contributed by atoms with Crippen LogP contribution in [-0.4, -0.2) is 4.98 Å². The molecule has 18 heavy (non-hydrogen) atoms. The van der Waals surface area contributed by atoms with Crippen molar-refractivity contribution < 1.29 is 13.2 Å². The molecule has 0 radical (unpaired) electrons. The number of hydrogen-bond acceptors (Lipinski definition) is 2. The Kier molecular flexibility index (Phi) is 3.02. The van der Waals surface area contributed by atoms with Crippen LogP contribution in [0.15, 0.2) is 42.6 Å². The van der Waals surface area contributed by atoms with E-state index in [1.165, 1.54) is 0 Å². The van der Waals surface area contributed by atoms with Gasteiger partial charge in [-0.05, 0) is 11.6 Å². The zero-order chi connectivity index (χ0) is 13.2. The molecule has 0 unspecified atom stereocenters. The number of benzene rings is 1. The molecule has 5 heteroatoms. The van der Waals surface area contributed by atoms with Crippen LogP contribution in [0.3, 0.4) is 0 Å². The van der Waals surface area contributed by atoms with Gasteiger partial charge in [-0.1, -0.05) is 30.3 Å². The van der Waals surface area contributed by atoms with Gasteiger partial charge in [-0.3, -0.25) is 4.98 Å². The molecule has 0 fully saturated rings. The van der Waals surface area contributed by atoms with Gasteiger partial charge in [0.05, 0.1) is 5.56 Å². The Labute approximate surface area is 101 Å². The van der Waals surface area contributed by atoms with Crippen molar-refractivity contribution in [2.45, 2.75) is 6.18 Å². The number of aromatic nitrogens is 1. The van der Waals surface area contributed by atoms with Crippen molar-refractivity contribution >= 4 is 0 Å². The lowest BCUT2D eigenvalue weighted by molar-refractivity contribution is -0.141. The Morgan fingerprint density at radius 2 is 1.78 bits per heavy atom. The highest BCUT2D eigenvalue weighted by atomic mass is 19.4. The monoisotopic (exact) mass is 248 g/mol. The maximum atomic E-state index is 12.6. The van der Waals surface area contributed by atoms with Crippen LogP contribution < -0.4 is 0 Å². The van der Waals surface area contributed by atoms with Gasteiger partial charge in [0.2, 0.25) is 0 Å². The molecule has 0 aliphatic rings. The van der Waals surface area contributed by atoms with Crippen LogP contribution in [0, 0.1) is 11.3 Å². The van der Waals surface area contributed by atoms with E-state index in [-0.39, 0.29) is 11.1 Å². The Balaban J connectivity index is 2.62. The fourth-order valence-corrected chi connectivity index (χ4v) is 1.56. The van der Waals surface area contributed by atoms with Crippen LogP contribution in [0.25, 0.3) is 11.1 Å². The first-order valence-corrected chi connectivity index (χ1v) is 5.05. The van der Waals surface area contributed by atoms with Gasteiger partial charge in [-0.25, -0.2) is 0 Å². The van der Waals surface area contributed by atoms with E-state index in [4.69, 9.17) is 5.26 Å². The van der Waals surface area contributed by atoms with Crippen LogP contribution in [0.2, 0.25) is 0 Å². The third kappa shape index (κ3) is 2.33. The highest BCUT2D eigenvalue weighted by molar-refractivity contribution is 5.70. The molecule has 0 saturated carbocycles. The minimum Gasteiger partial charge on any atom is -0.250 e. The molecular formula is C13H7F3N2. The van der Waals surface area contributed by atoms with E-state index in [9.17, 15) is 13.2 Å². The quantitative estimate of drug-likeness (QED) is 0.772.